The summed E-state index contributed by atoms with van der Waals surface area (Å²) in [5, 5.41) is 3.68. The van der Waals surface area contributed by atoms with Crippen molar-refractivity contribution in [1.29, 1.82) is 0 Å². The first kappa shape index (κ1) is 26.4. The Kier molecular flexibility index (Phi) is 8.02. The van der Waals surface area contributed by atoms with Gasteiger partial charge in [-0.25, -0.2) is 14.2 Å². The van der Waals surface area contributed by atoms with Crippen LogP contribution in [-0.4, -0.2) is 51.4 Å². The molecule has 2 aromatic carbocycles. The standard InChI is InChI=1S/C26H22FN5O5S/c1-2-37-25(36)16-5-11-20(12-6-16)31-24(35)21(14-22(33)29-19-9-7-18(27)8-10-19)32(26(31)38)30-23(34)17-4-3-13-28-15-17/h3-13,15,21H,2,14H2,1H3,(H,29,33)(H,30,34)/t21-/m1/s1. The molecule has 0 saturated carbocycles. The molecule has 0 aliphatic carbocycles. The number of ether oxygens (including phenoxy) is 1. The van der Waals surface area contributed by atoms with Crippen LogP contribution in [0.2, 0.25) is 0 Å². The van der Waals surface area contributed by atoms with Crippen molar-refractivity contribution in [2.45, 2.75) is 19.4 Å². The predicted octanol–water partition coefficient (Wildman–Crippen LogP) is 3.07. The smallest absolute Gasteiger partial charge is 0.338 e. The zero-order chi connectivity index (χ0) is 27.2. The molecule has 1 saturated heterocycles. The molecule has 2 N–H and O–H groups in total. The number of benzene rings is 2. The second-order valence-corrected chi connectivity index (χ2v) is 8.42. The molecule has 0 spiro atoms. The number of anilines is 2. The van der Waals surface area contributed by atoms with E-state index in [0.717, 1.165) is 5.01 Å². The van der Waals surface area contributed by atoms with E-state index >= 15 is 0 Å². The number of halogens is 1. The molecule has 38 heavy (non-hydrogen) atoms. The minimum atomic E-state index is -1.19. The lowest BCUT2D eigenvalue weighted by molar-refractivity contribution is -0.124. The Balaban J connectivity index is 1.59. The number of esters is 1. The van der Waals surface area contributed by atoms with Gasteiger partial charge in [-0.1, -0.05) is 0 Å². The molecule has 12 heteroatoms. The average molecular weight is 536 g/mol. The highest BCUT2D eigenvalue weighted by molar-refractivity contribution is 7.80. The van der Waals surface area contributed by atoms with E-state index < -0.39 is 35.5 Å². The summed E-state index contributed by atoms with van der Waals surface area (Å²) in [5.41, 5.74) is 3.76. The molecule has 1 aliphatic heterocycles. The van der Waals surface area contributed by atoms with Crippen LogP contribution < -0.4 is 15.6 Å². The van der Waals surface area contributed by atoms with Crippen LogP contribution in [0.15, 0.2) is 73.1 Å². The third-order valence-electron chi connectivity index (χ3n) is 5.50. The van der Waals surface area contributed by atoms with E-state index in [1.54, 1.807) is 13.0 Å². The maximum Gasteiger partial charge on any atom is 0.338 e. The summed E-state index contributed by atoms with van der Waals surface area (Å²) in [6, 6.07) is 13.1. The number of rotatable bonds is 8. The van der Waals surface area contributed by atoms with Gasteiger partial charge in [0.05, 0.1) is 29.8 Å². The minimum absolute atomic E-state index is 0.0734. The molecule has 1 aromatic heterocycles. The van der Waals surface area contributed by atoms with Crippen molar-refractivity contribution in [3.8, 4) is 0 Å². The van der Waals surface area contributed by atoms with E-state index in [1.165, 1.54) is 71.9 Å². The summed E-state index contributed by atoms with van der Waals surface area (Å²) in [7, 11) is 0. The van der Waals surface area contributed by atoms with Gasteiger partial charge in [-0.2, -0.15) is 0 Å². The van der Waals surface area contributed by atoms with Gasteiger partial charge in [0.1, 0.15) is 11.9 Å². The van der Waals surface area contributed by atoms with E-state index in [1.807, 2.05) is 0 Å². The Labute approximate surface area is 222 Å². The largest absolute Gasteiger partial charge is 0.462 e. The fraction of sp³-hybridized carbons (Fsp3) is 0.154. The molecule has 2 heterocycles. The maximum absolute atomic E-state index is 13.5. The first-order valence-corrected chi connectivity index (χ1v) is 11.9. The molecule has 4 rings (SSSR count). The number of hydrazine groups is 1. The lowest BCUT2D eigenvalue weighted by Crippen LogP contribution is -2.49. The van der Waals surface area contributed by atoms with Crippen LogP contribution in [0.5, 0.6) is 0 Å². The number of carbonyl (C=O) groups excluding carboxylic acids is 4. The molecule has 1 fully saturated rings. The van der Waals surface area contributed by atoms with Gasteiger partial charge >= 0.3 is 5.97 Å². The fourth-order valence-electron chi connectivity index (χ4n) is 3.69. The monoisotopic (exact) mass is 535 g/mol. The number of nitrogens with zero attached hydrogens (tertiary/aromatic N) is 3. The highest BCUT2D eigenvalue weighted by Gasteiger charge is 2.45. The molecule has 0 radical (unpaired) electrons. The molecule has 1 aliphatic rings. The Morgan fingerprint density at radius 1 is 1.05 bits per heavy atom. The van der Waals surface area contributed by atoms with Gasteiger partial charge < -0.3 is 10.1 Å². The van der Waals surface area contributed by atoms with Gasteiger partial charge in [-0.05, 0) is 79.8 Å². The SMILES string of the molecule is CCOC(=O)c1ccc(N2C(=O)[C@@H](CC(=O)Nc3ccc(F)cc3)N(NC(=O)c3cccnc3)C2=S)cc1. The summed E-state index contributed by atoms with van der Waals surface area (Å²) in [6.07, 6.45) is 2.48. The van der Waals surface area contributed by atoms with Gasteiger partial charge in [0.2, 0.25) is 11.0 Å². The molecule has 0 bridgehead atoms. The summed E-state index contributed by atoms with van der Waals surface area (Å²) in [6.45, 7) is 1.90. The van der Waals surface area contributed by atoms with Crippen LogP contribution >= 0.6 is 12.2 Å². The average Bonchev–Trinajstić information content (AvgIpc) is 3.14. The molecule has 1 atom stereocenters. The quantitative estimate of drug-likeness (QED) is 0.334. The van der Waals surface area contributed by atoms with E-state index in [0.29, 0.717) is 11.4 Å². The van der Waals surface area contributed by atoms with Crippen LogP contribution in [0.1, 0.15) is 34.1 Å². The number of pyridine rings is 1. The number of amides is 3. The van der Waals surface area contributed by atoms with Crippen molar-refractivity contribution in [1.82, 2.24) is 15.4 Å². The second-order valence-electron chi connectivity index (χ2n) is 8.05. The predicted molar refractivity (Wildman–Crippen MR) is 139 cm³/mol. The first-order valence-electron chi connectivity index (χ1n) is 11.5. The normalized spacial score (nSPS) is 14.8. The Bertz CT molecular complexity index is 1370. The van der Waals surface area contributed by atoms with Gasteiger partial charge in [0, 0.05) is 18.1 Å². The van der Waals surface area contributed by atoms with Crippen molar-refractivity contribution in [2.75, 3.05) is 16.8 Å². The molecule has 3 amide bonds. The minimum Gasteiger partial charge on any atom is -0.462 e. The molecular formula is C26H22FN5O5S. The van der Waals surface area contributed by atoms with Crippen LogP contribution in [0.25, 0.3) is 0 Å². The van der Waals surface area contributed by atoms with Crippen LogP contribution in [-0.2, 0) is 14.3 Å². The van der Waals surface area contributed by atoms with E-state index in [9.17, 15) is 23.6 Å². The third kappa shape index (κ3) is 5.81. The van der Waals surface area contributed by atoms with Crippen molar-refractivity contribution < 1.29 is 28.3 Å². The molecule has 10 nitrogen and oxygen atoms in total. The molecule has 194 valence electrons. The summed E-state index contributed by atoms with van der Waals surface area (Å²) < 4.78 is 18.2. The van der Waals surface area contributed by atoms with Crippen LogP contribution in [0, 0.1) is 5.82 Å². The lowest BCUT2D eigenvalue weighted by Gasteiger charge is -2.24. The number of aromatic nitrogens is 1. The summed E-state index contributed by atoms with van der Waals surface area (Å²) in [5.74, 6) is -2.70. The van der Waals surface area contributed by atoms with E-state index in [4.69, 9.17) is 17.0 Å². The number of hydrogen-bond donors (Lipinski definition) is 2. The maximum atomic E-state index is 13.5. The number of nitrogens with one attached hydrogen (secondary N) is 2. The van der Waals surface area contributed by atoms with Crippen molar-refractivity contribution in [2.24, 2.45) is 0 Å². The Morgan fingerprint density at radius 3 is 2.39 bits per heavy atom. The molecular weight excluding hydrogens is 513 g/mol. The number of hydrogen-bond acceptors (Lipinski definition) is 7. The number of thiocarbonyl (C=S) groups is 1. The van der Waals surface area contributed by atoms with Gasteiger partial charge in [0.15, 0.2) is 0 Å². The fourth-order valence-corrected chi connectivity index (χ4v) is 4.06. The van der Waals surface area contributed by atoms with Crippen LogP contribution in [0.3, 0.4) is 0 Å². The highest BCUT2D eigenvalue weighted by atomic mass is 32.1. The second kappa shape index (κ2) is 11.6. The van der Waals surface area contributed by atoms with E-state index in [2.05, 4.69) is 15.7 Å². The summed E-state index contributed by atoms with van der Waals surface area (Å²) in [4.78, 5) is 56.3. The zero-order valence-corrected chi connectivity index (χ0v) is 20.9. The Morgan fingerprint density at radius 2 is 1.76 bits per heavy atom. The van der Waals surface area contributed by atoms with Crippen LogP contribution in [0.4, 0.5) is 15.8 Å². The van der Waals surface area contributed by atoms with Crippen molar-refractivity contribution in [3.63, 3.8) is 0 Å². The van der Waals surface area contributed by atoms with E-state index in [-0.39, 0.29) is 29.3 Å². The van der Waals surface area contributed by atoms with Gasteiger partial charge in [-0.3, -0.25) is 29.7 Å². The van der Waals surface area contributed by atoms with Crippen molar-refractivity contribution >= 4 is 52.4 Å². The number of carbonyl (C=O) groups is 4. The topological polar surface area (TPSA) is 121 Å². The summed E-state index contributed by atoms with van der Waals surface area (Å²) >= 11 is 5.52. The Hall–Kier alpha value is -4.71. The highest BCUT2D eigenvalue weighted by Crippen LogP contribution is 2.27. The zero-order valence-electron chi connectivity index (χ0n) is 20.1. The third-order valence-corrected chi connectivity index (χ3v) is 5.88. The van der Waals surface area contributed by atoms with Gasteiger partial charge in [0.25, 0.3) is 11.8 Å². The molecule has 3 aromatic rings. The van der Waals surface area contributed by atoms with Crippen molar-refractivity contribution in [3.05, 3.63) is 90.0 Å². The lowest BCUT2D eigenvalue weighted by atomic mass is 10.1. The molecule has 0 unspecified atom stereocenters. The van der Waals surface area contributed by atoms with Gasteiger partial charge in [-0.15, -0.1) is 0 Å². The first-order chi connectivity index (χ1) is 18.3.